The highest BCUT2D eigenvalue weighted by molar-refractivity contribution is 8.16. The third-order valence-corrected chi connectivity index (χ3v) is 5.95. The van der Waals surface area contributed by atoms with E-state index in [-0.39, 0.29) is 11.6 Å². The minimum absolute atomic E-state index is 0.00702. The van der Waals surface area contributed by atoms with Crippen LogP contribution in [0.4, 0.5) is 5.69 Å². The molecule has 3 aromatic rings. The maximum Gasteiger partial charge on any atom is 0.269 e. The van der Waals surface area contributed by atoms with Crippen molar-refractivity contribution in [2.24, 2.45) is 10.2 Å². The van der Waals surface area contributed by atoms with E-state index in [4.69, 9.17) is 0 Å². The number of nitro groups is 1. The van der Waals surface area contributed by atoms with Crippen LogP contribution < -0.4 is 5.32 Å². The van der Waals surface area contributed by atoms with Gasteiger partial charge in [0.2, 0.25) is 0 Å². The average molecular weight is 416 g/mol. The van der Waals surface area contributed by atoms with Gasteiger partial charge < -0.3 is 5.32 Å². The van der Waals surface area contributed by atoms with Crippen LogP contribution in [0, 0.1) is 10.1 Å². The van der Waals surface area contributed by atoms with Crippen LogP contribution in [0.3, 0.4) is 0 Å². The number of carbonyl (C=O) groups excluding carboxylic acids is 1. The Kier molecular flexibility index (Phi) is 5.40. The van der Waals surface area contributed by atoms with Gasteiger partial charge in [0.05, 0.1) is 11.1 Å². The number of nitrogens with zero attached hydrogens (tertiary/aromatic N) is 3. The third kappa shape index (κ3) is 3.72. The molecular formula is C22H16N4O3S. The smallest absolute Gasteiger partial charge is 0.269 e. The molecule has 3 aromatic carbocycles. The Bertz CT molecular complexity index is 1090. The van der Waals surface area contributed by atoms with Crippen molar-refractivity contribution in [2.75, 3.05) is 0 Å². The number of benzene rings is 3. The second-order valence-corrected chi connectivity index (χ2v) is 7.67. The summed E-state index contributed by atoms with van der Waals surface area (Å²) in [5.41, 5.74) is 2.37. The maximum atomic E-state index is 13.1. The lowest BCUT2D eigenvalue weighted by Gasteiger charge is -2.25. The first-order valence-corrected chi connectivity index (χ1v) is 9.88. The molecule has 0 radical (unpaired) electrons. The second kappa shape index (κ2) is 8.30. The molecule has 30 heavy (non-hydrogen) atoms. The van der Waals surface area contributed by atoms with Crippen LogP contribution in [0.25, 0.3) is 0 Å². The first-order chi connectivity index (χ1) is 14.6. The lowest BCUT2D eigenvalue weighted by atomic mass is 9.89. The number of thioether (sulfide) groups is 1. The minimum Gasteiger partial charge on any atom is -0.302 e. The number of amidine groups is 1. The normalized spacial score (nSPS) is 16.7. The molecule has 0 spiro atoms. The molecule has 148 valence electrons. The van der Waals surface area contributed by atoms with Crippen molar-refractivity contribution in [1.82, 2.24) is 5.32 Å². The number of hydrogen-bond donors (Lipinski definition) is 1. The number of amides is 1. The molecule has 0 atom stereocenters. The summed E-state index contributed by atoms with van der Waals surface area (Å²) in [6.07, 6.45) is 1.48. The number of hydrogen-bond acceptors (Lipinski definition) is 6. The van der Waals surface area contributed by atoms with Crippen molar-refractivity contribution in [2.45, 2.75) is 4.75 Å². The van der Waals surface area contributed by atoms with Gasteiger partial charge in [-0.1, -0.05) is 72.4 Å². The molecule has 1 amide bonds. The van der Waals surface area contributed by atoms with Gasteiger partial charge in [-0.2, -0.15) is 5.10 Å². The van der Waals surface area contributed by atoms with E-state index in [2.05, 4.69) is 15.5 Å². The number of rotatable bonds is 5. The fraction of sp³-hybridized carbons (Fsp3) is 0.0455. The lowest BCUT2D eigenvalue weighted by molar-refractivity contribution is -0.384. The van der Waals surface area contributed by atoms with Gasteiger partial charge in [-0.25, -0.2) is 0 Å². The first kappa shape index (κ1) is 19.5. The van der Waals surface area contributed by atoms with Crippen LogP contribution in [-0.4, -0.2) is 22.2 Å². The van der Waals surface area contributed by atoms with E-state index in [0.29, 0.717) is 10.7 Å². The maximum absolute atomic E-state index is 13.1. The molecule has 0 aromatic heterocycles. The van der Waals surface area contributed by atoms with Crippen molar-refractivity contribution < 1.29 is 9.72 Å². The van der Waals surface area contributed by atoms with E-state index < -0.39 is 9.67 Å². The summed E-state index contributed by atoms with van der Waals surface area (Å²) in [5.74, 6) is -0.186. The molecule has 1 aliphatic heterocycles. The van der Waals surface area contributed by atoms with Crippen molar-refractivity contribution >= 4 is 34.7 Å². The Morgan fingerprint density at radius 1 is 0.900 bits per heavy atom. The number of non-ortho nitro benzene ring substituents is 1. The zero-order valence-corrected chi connectivity index (χ0v) is 16.5. The van der Waals surface area contributed by atoms with E-state index in [1.807, 2.05) is 60.7 Å². The van der Waals surface area contributed by atoms with Gasteiger partial charge in [-0.3, -0.25) is 14.9 Å². The van der Waals surface area contributed by atoms with E-state index in [1.54, 1.807) is 12.1 Å². The Balaban J connectivity index is 1.63. The number of carbonyl (C=O) groups is 1. The zero-order chi connectivity index (χ0) is 21.0. The number of nitro benzene ring substituents is 1. The van der Waals surface area contributed by atoms with E-state index in [0.717, 1.165) is 11.1 Å². The highest BCUT2D eigenvalue weighted by atomic mass is 32.2. The molecule has 1 heterocycles. The Hall–Kier alpha value is -3.78. The SMILES string of the molecule is O=C1N/C(=N\N=Cc2ccc([N+](=O)[O-])cc2)SC1(c1ccccc1)c1ccccc1. The highest BCUT2D eigenvalue weighted by Gasteiger charge is 2.49. The standard InChI is InChI=1S/C22H16N4O3S/c27-20-22(17-7-3-1-4-8-17,18-9-5-2-6-10-18)30-21(24-20)25-23-15-16-11-13-19(14-12-16)26(28)29/h1-15H,(H,24,25,27). The third-order valence-electron chi connectivity index (χ3n) is 4.61. The Labute approximate surface area is 176 Å². The summed E-state index contributed by atoms with van der Waals surface area (Å²) in [6, 6.07) is 25.0. The second-order valence-electron chi connectivity index (χ2n) is 6.47. The van der Waals surface area contributed by atoms with Crippen molar-refractivity contribution in [1.29, 1.82) is 0 Å². The molecule has 7 nitrogen and oxygen atoms in total. The topological polar surface area (TPSA) is 97.0 Å². The van der Waals surface area contributed by atoms with Crippen molar-refractivity contribution in [3.05, 3.63) is 112 Å². The van der Waals surface area contributed by atoms with Gasteiger partial charge in [-0.05, 0) is 28.8 Å². The molecule has 1 N–H and O–H groups in total. The minimum atomic E-state index is -0.954. The summed E-state index contributed by atoms with van der Waals surface area (Å²) in [7, 11) is 0. The van der Waals surface area contributed by atoms with Gasteiger partial charge in [0.15, 0.2) is 9.91 Å². The van der Waals surface area contributed by atoms with Crippen LogP contribution in [-0.2, 0) is 9.54 Å². The van der Waals surface area contributed by atoms with Crippen LogP contribution in [0.5, 0.6) is 0 Å². The van der Waals surface area contributed by atoms with Gasteiger partial charge in [0.1, 0.15) is 0 Å². The molecule has 0 unspecified atom stereocenters. The van der Waals surface area contributed by atoms with Crippen LogP contribution in [0.15, 0.2) is 95.1 Å². The quantitative estimate of drug-likeness (QED) is 0.385. The van der Waals surface area contributed by atoms with E-state index in [9.17, 15) is 14.9 Å². The monoisotopic (exact) mass is 416 g/mol. The Morgan fingerprint density at radius 2 is 1.47 bits per heavy atom. The van der Waals surface area contributed by atoms with Crippen LogP contribution in [0.1, 0.15) is 16.7 Å². The van der Waals surface area contributed by atoms with Gasteiger partial charge >= 0.3 is 0 Å². The van der Waals surface area contributed by atoms with Gasteiger partial charge in [0.25, 0.3) is 11.6 Å². The van der Waals surface area contributed by atoms with E-state index >= 15 is 0 Å². The molecule has 0 saturated carbocycles. The summed E-state index contributed by atoms with van der Waals surface area (Å²) < 4.78 is -0.954. The molecule has 1 fully saturated rings. The summed E-state index contributed by atoms with van der Waals surface area (Å²) in [4.78, 5) is 23.4. The molecule has 0 aliphatic carbocycles. The molecule has 8 heteroatoms. The molecule has 1 saturated heterocycles. The zero-order valence-electron chi connectivity index (χ0n) is 15.6. The van der Waals surface area contributed by atoms with Crippen molar-refractivity contribution in [3.8, 4) is 0 Å². The average Bonchev–Trinajstić information content (AvgIpc) is 3.12. The summed E-state index contributed by atoms with van der Waals surface area (Å²) >= 11 is 1.30. The van der Waals surface area contributed by atoms with Crippen molar-refractivity contribution in [3.63, 3.8) is 0 Å². The van der Waals surface area contributed by atoms with Gasteiger partial charge in [-0.15, -0.1) is 5.10 Å². The molecule has 0 bridgehead atoms. The predicted octanol–water partition coefficient (Wildman–Crippen LogP) is 4.09. The summed E-state index contributed by atoms with van der Waals surface area (Å²) in [5, 5.41) is 22.1. The highest BCUT2D eigenvalue weighted by Crippen LogP contribution is 2.46. The molecular weight excluding hydrogens is 400 g/mol. The largest absolute Gasteiger partial charge is 0.302 e. The first-order valence-electron chi connectivity index (χ1n) is 9.06. The van der Waals surface area contributed by atoms with E-state index in [1.165, 1.54) is 30.1 Å². The predicted molar refractivity (Wildman–Crippen MR) is 118 cm³/mol. The van der Waals surface area contributed by atoms with Gasteiger partial charge in [0, 0.05) is 12.1 Å². The Morgan fingerprint density at radius 3 is 2.00 bits per heavy atom. The van der Waals surface area contributed by atoms with Crippen LogP contribution >= 0.6 is 11.8 Å². The van der Waals surface area contributed by atoms with Crippen LogP contribution in [0.2, 0.25) is 0 Å². The lowest BCUT2D eigenvalue weighted by Crippen LogP contribution is -2.35. The fourth-order valence-corrected chi connectivity index (χ4v) is 4.34. The summed E-state index contributed by atoms with van der Waals surface area (Å²) in [6.45, 7) is 0. The fourth-order valence-electron chi connectivity index (χ4n) is 3.17. The number of nitrogens with one attached hydrogen (secondary N) is 1. The molecule has 4 rings (SSSR count). The molecule has 1 aliphatic rings.